The van der Waals surface area contributed by atoms with E-state index in [1.165, 1.54) is 0 Å². The Balaban J connectivity index is 1.91. The summed E-state index contributed by atoms with van der Waals surface area (Å²) in [5.41, 5.74) is 3.23. The summed E-state index contributed by atoms with van der Waals surface area (Å²) in [6.07, 6.45) is 0.446. The maximum Gasteiger partial charge on any atom is 0.161 e. The van der Waals surface area contributed by atoms with E-state index in [2.05, 4.69) is 6.07 Å². The Kier molecular flexibility index (Phi) is 3.07. The molecule has 94 valence electrons. The Hall–Kier alpha value is -2.47. The van der Waals surface area contributed by atoms with Gasteiger partial charge in [-0.15, -0.1) is 0 Å². The van der Waals surface area contributed by atoms with Crippen LogP contribution in [0, 0.1) is 11.3 Å². The van der Waals surface area contributed by atoms with Crippen molar-refractivity contribution >= 4 is 0 Å². The first-order chi connectivity index (χ1) is 9.36. The van der Waals surface area contributed by atoms with E-state index < -0.39 is 0 Å². The standard InChI is InChI=1S/C16H13NO2/c17-8-7-12-1-3-13(4-2-12)14-5-6-15-16(11-14)19-10-9-18-15/h1-6,11H,7,9-10H2. The molecule has 0 bridgehead atoms. The third-order valence-electron chi connectivity index (χ3n) is 3.11. The van der Waals surface area contributed by atoms with E-state index in [1.54, 1.807) is 0 Å². The molecule has 1 aliphatic heterocycles. The van der Waals surface area contributed by atoms with Gasteiger partial charge in [0.1, 0.15) is 13.2 Å². The second-order valence-corrected chi connectivity index (χ2v) is 4.39. The van der Waals surface area contributed by atoms with E-state index in [0.717, 1.165) is 28.2 Å². The van der Waals surface area contributed by atoms with Gasteiger partial charge in [0, 0.05) is 0 Å². The third-order valence-corrected chi connectivity index (χ3v) is 3.11. The quantitative estimate of drug-likeness (QED) is 0.823. The lowest BCUT2D eigenvalue weighted by molar-refractivity contribution is 0.171. The van der Waals surface area contributed by atoms with Gasteiger partial charge in [0.25, 0.3) is 0 Å². The Morgan fingerprint density at radius 1 is 0.895 bits per heavy atom. The van der Waals surface area contributed by atoms with Crippen molar-refractivity contribution in [1.29, 1.82) is 5.26 Å². The molecule has 0 aliphatic carbocycles. The minimum absolute atomic E-state index is 0.446. The fraction of sp³-hybridized carbons (Fsp3) is 0.188. The van der Waals surface area contributed by atoms with E-state index in [1.807, 2.05) is 42.5 Å². The summed E-state index contributed by atoms with van der Waals surface area (Å²) in [4.78, 5) is 0. The van der Waals surface area contributed by atoms with Gasteiger partial charge in [-0.2, -0.15) is 5.26 Å². The second-order valence-electron chi connectivity index (χ2n) is 4.39. The summed E-state index contributed by atoms with van der Waals surface area (Å²) >= 11 is 0. The van der Waals surface area contributed by atoms with Crippen LogP contribution in [0.5, 0.6) is 11.5 Å². The van der Waals surface area contributed by atoms with E-state index in [-0.39, 0.29) is 0 Å². The number of benzene rings is 2. The number of fused-ring (bicyclic) bond motifs is 1. The van der Waals surface area contributed by atoms with Crippen LogP contribution in [0.25, 0.3) is 11.1 Å². The number of rotatable bonds is 2. The number of nitriles is 1. The maximum absolute atomic E-state index is 8.66. The van der Waals surface area contributed by atoms with Gasteiger partial charge in [0.05, 0.1) is 12.5 Å². The summed E-state index contributed by atoms with van der Waals surface area (Å²) in [5, 5.41) is 8.66. The average Bonchev–Trinajstić information content (AvgIpc) is 2.48. The summed E-state index contributed by atoms with van der Waals surface area (Å²) < 4.78 is 11.1. The van der Waals surface area contributed by atoms with Gasteiger partial charge in [-0.1, -0.05) is 30.3 Å². The lowest BCUT2D eigenvalue weighted by Gasteiger charge is -2.18. The molecule has 0 spiro atoms. The van der Waals surface area contributed by atoms with Gasteiger partial charge in [-0.05, 0) is 28.8 Å². The predicted molar refractivity (Wildman–Crippen MR) is 72.2 cm³/mol. The summed E-state index contributed by atoms with van der Waals surface area (Å²) in [5.74, 6) is 1.60. The highest BCUT2D eigenvalue weighted by Crippen LogP contribution is 2.34. The molecule has 1 heterocycles. The largest absolute Gasteiger partial charge is 0.486 e. The van der Waals surface area contributed by atoms with Crippen molar-refractivity contribution < 1.29 is 9.47 Å². The predicted octanol–water partition coefficient (Wildman–Crippen LogP) is 3.19. The highest BCUT2D eigenvalue weighted by molar-refractivity contribution is 5.67. The van der Waals surface area contributed by atoms with E-state index in [0.29, 0.717) is 19.6 Å². The molecule has 0 unspecified atom stereocenters. The molecule has 0 atom stereocenters. The third kappa shape index (κ3) is 2.38. The molecule has 0 aromatic heterocycles. The number of ether oxygens (including phenoxy) is 2. The lowest BCUT2D eigenvalue weighted by Crippen LogP contribution is -2.15. The topological polar surface area (TPSA) is 42.2 Å². The molecule has 3 nitrogen and oxygen atoms in total. The van der Waals surface area contributed by atoms with Gasteiger partial charge in [-0.25, -0.2) is 0 Å². The molecule has 0 amide bonds. The molecule has 0 N–H and O–H groups in total. The van der Waals surface area contributed by atoms with Gasteiger partial charge in [-0.3, -0.25) is 0 Å². The molecule has 2 aromatic carbocycles. The zero-order chi connectivity index (χ0) is 13.1. The number of hydrogen-bond donors (Lipinski definition) is 0. The fourth-order valence-corrected chi connectivity index (χ4v) is 2.13. The van der Waals surface area contributed by atoms with Crippen LogP contribution in [0.1, 0.15) is 5.56 Å². The molecule has 3 heteroatoms. The monoisotopic (exact) mass is 251 g/mol. The van der Waals surface area contributed by atoms with Crippen molar-refractivity contribution in [3.05, 3.63) is 48.0 Å². The van der Waals surface area contributed by atoms with Crippen molar-refractivity contribution in [3.63, 3.8) is 0 Å². The molecule has 0 saturated carbocycles. The van der Waals surface area contributed by atoms with Crippen LogP contribution >= 0.6 is 0 Å². The van der Waals surface area contributed by atoms with E-state index in [9.17, 15) is 0 Å². The summed E-state index contributed by atoms with van der Waals surface area (Å²) in [6, 6.07) is 16.1. The molecular formula is C16H13NO2. The molecule has 0 saturated heterocycles. The Morgan fingerprint density at radius 2 is 1.58 bits per heavy atom. The first kappa shape index (κ1) is 11.6. The van der Waals surface area contributed by atoms with Crippen LogP contribution in [0.15, 0.2) is 42.5 Å². The van der Waals surface area contributed by atoms with Crippen LogP contribution in [-0.2, 0) is 6.42 Å². The van der Waals surface area contributed by atoms with Crippen LogP contribution in [0.2, 0.25) is 0 Å². The van der Waals surface area contributed by atoms with Crippen LogP contribution in [-0.4, -0.2) is 13.2 Å². The maximum atomic E-state index is 8.66. The first-order valence-electron chi connectivity index (χ1n) is 6.23. The number of hydrogen-bond acceptors (Lipinski definition) is 3. The molecule has 0 radical (unpaired) electrons. The highest BCUT2D eigenvalue weighted by atomic mass is 16.6. The van der Waals surface area contributed by atoms with Crippen molar-refractivity contribution in [2.75, 3.05) is 13.2 Å². The Labute approximate surface area is 112 Å². The average molecular weight is 251 g/mol. The van der Waals surface area contributed by atoms with Crippen molar-refractivity contribution in [1.82, 2.24) is 0 Å². The molecule has 0 fully saturated rings. The molecule has 2 aromatic rings. The minimum atomic E-state index is 0.446. The normalized spacial score (nSPS) is 12.8. The van der Waals surface area contributed by atoms with Crippen molar-refractivity contribution in [2.24, 2.45) is 0 Å². The first-order valence-corrected chi connectivity index (χ1v) is 6.23. The molecule has 3 rings (SSSR count). The summed E-state index contributed by atoms with van der Waals surface area (Å²) in [7, 11) is 0. The van der Waals surface area contributed by atoms with Gasteiger partial charge < -0.3 is 9.47 Å². The SMILES string of the molecule is N#CCc1ccc(-c2ccc3c(c2)OCCO3)cc1. The lowest BCUT2D eigenvalue weighted by atomic mass is 10.0. The molecule has 19 heavy (non-hydrogen) atoms. The smallest absolute Gasteiger partial charge is 0.161 e. The zero-order valence-electron chi connectivity index (χ0n) is 10.4. The van der Waals surface area contributed by atoms with Gasteiger partial charge >= 0.3 is 0 Å². The van der Waals surface area contributed by atoms with E-state index in [4.69, 9.17) is 14.7 Å². The highest BCUT2D eigenvalue weighted by Gasteiger charge is 2.12. The number of nitrogens with zero attached hydrogens (tertiary/aromatic N) is 1. The van der Waals surface area contributed by atoms with Crippen LogP contribution < -0.4 is 9.47 Å². The van der Waals surface area contributed by atoms with Crippen molar-refractivity contribution in [3.8, 4) is 28.7 Å². The van der Waals surface area contributed by atoms with Crippen LogP contribution in [0.4, 0.5) is 0 Å². The zero-order valence-corrected chi connectivity index (χ0v) is 10.4. The second kappa shape index (κ2) is 5.03. The summed E-state index contributed by atoms with van der Waals surface area (Å²) in [6.45, 7) is 1.20. The van der Waals surface area contributed by atoms with Gasteiger partial charge in [0.2, 0.25) is 0 Å². The van der Waals surface area contributed by atoms with Crippen molar-refractivity contribution in [2.45, 2.75) is 6.42 Å². The minimum Gasteiger partial charge on any atom is -0.486 e. The Bertz CT molecular complexity index is 626. The van der Waals surface area contributed by atoms with Crippen LogP contribution in [0.3, 0.4) is 0 Å². The molecule has 1 aliphatic rings. The van der Waals surface area contributed by atoms with Gasteiger partial charge in [0.15, 0.2) is 11.5 Å². The van der Waals surface area contributed by atoms with E-state index >= 15 is 0 Å². The fourth-order valence-electron chi connectivity index (χ4n) is 2.13. The molecular weight excluding hydrogens is 238 g/mol. The Morgan fingerprint density at radius 3 is 2.32 bits per heavy atom.